The van der Waals surface area contributed by atoms with E-state index in [9.17, 15) is 0 Å². The summed E-state index contributed by atoms with van der Waals surface area (Å²) < 4.78 is 5.20. The van der Waals surface area contributed by atoms with E-state index in [2.05, 4.69) is 39.6 Å². The van der Waals surface area contributed by atoms with Gasteiger partial charge in [0.2, 0.25) is 0 Å². The monoisotopic (exact) mass is 269 g/mol. The van der Waals surface area contributed by atoms with Crippen molar-refractivity contribution in [1.82, 2.24) is 9.97 Å². The molecule has 2 aromatic rings. The van der Waals surface area contributed by atoms with Gasteiger partial charge in [-0.15, -0.1) is 0 Å². The Bertz CT molecular complexity index is 612. The van der Waals surface area contributed by atoms with Gasteiger partial charge in [0.05, 0.1) is 12.3 Å². The Morgan fingerprint density at radius 3 is 2.95 bits per heavy atom. The van der Waals surface area contributed by atoms with E-state index in [0.29, 0.717) is 12.5 Å². The van der Waals surface area contributed by atoms with Gasteiger partial charge in [0, 0.05) is 26.1 Å². The zero-order chi connectivity index (χ0) is 13.9. The summed E-state index contributed by atoms with van der Waals surface area (Å²) in [7, 11) is 3.57. The largest absolute Gasteiger partial charge is 0.378 e. The molecule has 0 bridgehead atoms. The third-order valence-electron chi connectivity index (χ3n) is 3.79. The van der Waals surface area contributed by atoms with Gasteiger partial charge in [-0.1, -0.05) is 24.3 Å². The molecule has 1 aliphatic carbocycles. The molecule has 20 heavy (non-hydrogen) atoms. The first-order valence-corrected chi connectivity index (χ1v) is 6.94. The maximum absolute atomic E-state index is 5.20. The molecule has 104 valence electrons. The summed E-state index contributed by atoms with van der Waals surface area (Å²) in [5, 5.41) is 3.11. The lowest BCUT2D eigenvalue weighted by atomic mass is 10.0. The molecule has 0 radical (unpaired) electrons. The number of fused-ring (bicyclic) bond motifs is 1. The standard InChI is InChI=1S/C16H19N3O/c1-17-15-9-12(10-20-2)18-16(19-15)14-8-7-11-5-3-4-6-13(11)14/h3-6,9,14H,7-8,10H2,1-2H3,(H,17,18,19). The number of aromatic nitrogens is 2. The summed E-state index contributed by atoms with van der Waals surface area (Å²) in [5.41, 5.74) is 3.71. The molecule has 0 amide bonds. The Balaban J connectivity index is 2.00. The molecular weight excluding hydrogens is 250 g/mol. The number of nitrogens with one attached hydrogen (secondary N) is 1. The van der Waals surface area contributed by atoms with E-state index in [4.69, 9.17) is 4.74 Å². The van der Waals surface area contributed by atoms with Crippen LogP contribution in [0.15, 0.2) is 30.3 Å². The molecule has 0 saturated heterocycles. The van der Waals surface area contributed by atoms with Gasteiger partial charge in [0.1, 0.15) is 11.6 Å². The molecule has 1 aromatic heterocycles. The molecule has 1 unspecified atom stereocenters. The second-order valence-electron chi connectivity index (χ2n) is 5.08. The summed E-state index contributed by atoms with van der Waals surface area (Å²) in [4.78, 5) is 9.31. The number of aryl methyl sites for hydroxylation is 1. The van der Waals surface area contributed by atoms with Crippen molar-refractivity contribution in [3.8, 4) is 0 Å². The fraction of sp³-hybridized carbons (Fsp3) is 0.375. The Morgan fingerprint density at radius 1 is 1.30 bits per heavy atom. The summed E-state index contributed by atoms with van der Waals surface area (Å²) in [6.07, 6.45) is 2.19. The van der Waals surface area contributed by atoms with Gasteiger partial charge >= 0.3 is 0 Å². The zero-order valence-electron chi connectivity index (χ0n) is 11.9. The molecule has 0 aliphatic heterocycles. The molecule has 1 aromatic carbocycles. The maximum Gasteiger partial charge on any atom is 0.138 e. The first kappa shape index (κ1) is 13.1. The summed E-state index contributed by atoms with van der Waals surface area (Å²) in [6.45, 7) is 0.512. The van der Waals surface area contributed by atoms with E-state index in [-0.39, 0.29) is 0 Å². The Hall–Kier alpha value is -1.94. The highest BCUT2D eigenvalue weighted by Gasteiger charge is 2.26. The van der Waals surface area contributed by atoms with Crippen molar-refractivity contribution in [1.29, 1.82) is 0 Å². The number of nitrogens with zero attached hydrogens (tertiary/aromatic N) is 2. The van der Waals surface area contributed by atoms with Crippen molar-refractivity contribution in [2.24, 2.45) is 0 Å². The summed E-state index contributed by atoms with van der Waals surface area (Å²) >= 11 is 0. The number of hydrogen-bond donors (Lipinski definition) is 1. The van der Waals surface area contributed by atoms with Gasteiger partial charge < -0.3 is 10.1 Å². The first-order valence-electron chi connectivity index (χ1n) is 6.94. The van der Waals surface area contributed by atoms with E-state index in [1.807, 2.05) is 13.1 Å². The fourth-order valence-corrected chi connectivity index (χ4v) is 2.85. The highest BCUT2D eigenvalue weighted by molar-refractivity contribution is 5.42. The molecule has 0 fully saturated rings. The molecule has 3 rings (SSSR count). The van der Waals surface area contributed by atoms with E-state index in [1.165, 1.54) is 11.1 Å². The van der Waals surface area contributed by atoms with E-state index < -0.39 is 0 Å². The van der Waals surface area contributed by atoms with Crippen molar-refractivity contribution in [2.45, 2.75) is 25.4 Å². The minimum atomic E-state index is 0.301. The lowest BCUT2D eigenvalue weighted by molar-refractivity contribution is 0.181. The minimum absolute atomic E-state index is 0.301. The predicted octanol–water partition coefficient (Wildman–Crippen LogP) is 2.74. The van der Waals surface area contributed by atoms with E-state index in [0.717, 1.165) is 30.2 Å². The molecule has 1 aliphatic rings. The first-order chi connectivity index (χ1) is 9.81. The van der Waals surface area contributed by atoms with Crippen LogP contribution in [0.1, 0.15) is 35.0 Å². The van der Waals surface area contributed by atoms with Gasteiger partial charge in [-0.25, -0.2) is 9.97 Å². The number of ether oxygens (including phenoxy) is 1. The third-order valence-corrected chi connectivity index (χ3v) is 3.79. The van der Waals surface area contributed by atoms with Gasteiger partial charge in [-0.3, -0.25) is 0 Å². The molecule has 1 N–H and O–H groups in total. The summed E-state index contributed by atoms with van der Waals surface area (Å²) in [6, 6.07) is 10.5. The van der Waals surface area contributed by atoms with Gasteiger partial charge in [0.25, 0.3) is 0 Å². The molecule has 0 saturated carbocycles. The van der Waals surface area contributed by atoms with Gasteiger partial charge in [-0.2, -0.15) is 0 Å². The Kier molecular flexibility index (Phi) is 3.65. The quantitative estimate of drug-likeness (QED) is 0.927. The second kappa shape index (κ2) is 5.59. The Labute approximate surface area is 119 Å². The molecule has 4 heteroatoms. The molecular formula is C16H19N3O. The van der Waals surface area contributed by atoms with Crippen LogP contribution in [-0.4, -0.2) is 24.1 Å². The number of rotatable bonds is 4. The van der Waals surface area contributed by atoms with Crippen molar-refractivity contribution >= 4 is 5.82 Å². The number of methoxy groups -OCH3 is 1. The maximum atomic E-state index is 5.20. The highest BCUT2D eigenvalue weighted by atomic mass is 16.5. The number of benzene rings is 1. The highest BCUT2D eigenvalue weighted by Crippen LogP contribution is 2.36. The topological polar surface area (TPSA) is 47.0 Å². The van der Waals surface area contributed by atoms with Crippen LogP contribution in [0.25, 0.3) is 0 Å². The van der Waals surface area contributed by atoms with Crippen molar-refractivity contribution in [3.63, 3.8) is 0 Å². The van der Waals surface area contributed by atoms with Crippen LogP contribution in [0.3, 0.4) is 0 Å². The van der Waals surface area contributed by atoms with Crippen LogP contribution in [0.5, 0.6) is 0 Å². The van der Waals surface area contributed by atoms with Gasteiger partial charge in [0.15, 0.2) is 0 Å². The lowest BCUT2D eigenvalue weighted by Gasteiger charge is -2.13. The van der Waals surface area contributed by atoms with Crippen LogP contribution in [-0.2, 0) is 17.8 Å². The fourth-order valence-electron chi connectivity index (χ4n) is 2.85. The van der Waals surface area contributed by atoms with Crippen molar-refractivity contribution < 1.29 is 4.74 Å². The van der Waals surface area contributed by atoms with Gasteiger partial charge in [-0.05, 0) is 24.0 Å². The zero-order valence-corrected chi connectivity index (χ0v) is 11.9. The average molecular weight is 269 g/mol. The molecule has 1 atom stereocenters. The molecule has 4 nitrogen and oxygen atoms in total. The van der Waals surface area contributed by atoms with Crippen LogP contribution >= 0.6 is 0 Å². The average Bonchev–Trinajstić information content (AvgIpc) is 2.91. The molecule has 1 heterocycles. The predicted molar refractivity (Wildman–Crippen MR) is 78.9 cm³/mol. The van der Waals surface area contributed by atoms with Crippen molar-refractivity contribution in [3.05, 3.63) is 53.0 Å². The smallest absolute Gasteiger partial charge is 0.138 e. The third kappa shape index (κ3) is 2.39. The second-order valence-corrected chi connectivity index (χ2v) is 5.08. The lowest BCUT2D eigenvalue weighted by Crippen LogP contribution is -2.08. The normalized spacial score (nSPS) is 17.0. The van der Waals surface area contributed by atoms with Crippen molar-refractivity contribution in [2.75, 3.05) is 19.5 Å². The summed E-state index contributed by atoms with van der Waals surface area (Å²) in [5.74, 6) is 2.05. The number of anilines is 1. The van der Waals surface area contributed by atoms with Crippen LogP contribution in [0, 0.1) is 0 Å². The molecule has 0 spiro atoms. The van der Waals surface area contributed by atoms with E-state index >= 15 is 0 Å². The minimum Gasteiger partial charge on any atom is -0.378 e. The number of hydrogen-bond acceptors (Lipinski definition) is 4. The van der Waals surface area contributed by atoms with Crippen LogP contribution in [0.2, 0.25) is 0 Å². The van der Waals surface area contributed by atoms with Crippen LogP contribution < -0.4 is 5.32 Å². The Morgan fingerprint density at radius 2 is 2.15 bits per heavy atom. The van der Waals surface area contributed by atoms with E-state index in [1.54, 1.807) is 7.11 Å². The van der Waals surface area contributed by atoms with Crippen LogP contribution in [0.4, 0.5) is 5.82 Å². The SMILES string of the molecule is CNc1cc(COC)nc(C2CCc3ccccc32)n1.